The molecule has 156 valence electrons. The molecule has 8 nitrogen and oxygen atoms in total. The fourth-order valence-corrected chi connectivity index (χ4v) is 3.36. The van der Waals surface area contributed by atoms with Crippen LogP contribution in [0.2, 0.25) is 0 Å². The number of allylic oxidation sites excluding steroid dienone is 2. The molecule has 1 aliphatic heterocycles. The maximum atomic E-state index is 13.1. The first kappa shape index (κ1) is 21.1. The van der Waals surface area contributed by atoms with Gasteiger partial charge in [0.2, 0.25) is 0 Å². The van der Waals surface area contributed by atoms with E-state index in [9.17, 15) is 29.3 Å². The molecule has 29 heavy (non-hydrogen) atoms. The first-order valence-corrected chi connectivity index (χ1v) is 9.48. The van der Waals surface area contributed by atoms with Crippen LogP contribution in [0.1, 0.15) is 30.0 Å². The van der Waals surface area contributed by atoms with E-state index in [1.165, 1.54) is 17.2 Å². The minimum Gasteiger partial charge on any atom is -0.388 e. The number of rotatable bonds is 6. The van der Waals surface area contributed by atoms with Gasteiger partial charge in [-0.05, 0) is 36.6 Å². The number of hydrogen-bond acceptors (Lipinski definition) is 6. The molecule has 1 aromatic rings. The fourth-order valence-electron chi connectivity index (χ4n) is 3.36. The van der Waals surface area contributed by atoms with E-state index >= 15 is 0 Å². The Morgan fingerprint density at radius 2 is 1.97 bits per heavy atom. The minimum absolute atomic E-state index is 0.0155. The van der Waals surface area contributed by atoms with Gasteiger partial charge in [-0.25, -0.2) is 4.39 Å². The summed E-state index contributed by atoms with van der Waals surface area (Å²) in [5.41, 5.74) is 1.16. The van der Waals surface area contributed by atoms with Gasteiger partial charge in [0.05, 0.1) is 18.3 Å². The topological polar surface area (TPSA) is 123 Å². The highest BCUT2D eigenvalue weighted by molar-refractivity contribution is 5.90. The zero-order valence-corrected chi connectivity index (χ0v) is 15.7. The first-order chi connectivity index (χ1) is 13.9. The van der Waals surface area contributed by atoms with E-state index in [-0.39, 0.29) is 6.54 Å². The van der Waals surface area contributed by atoms with Gasteiger partial charge in [0.15, 0.2) is 12.2 Å². The lowest BCUT2D eigenvalue weighted by atomic mass is 9.91. The number of carbonyl (C=O) groups is 2. The highest BCUT2D eigenvalue weighted by Gasteiger charge is 2.34. The Balaban J connectivity index is 1.52. The van der Waals surface area contributed by atoms with Crippen LogP contribution in [0.3, 0.4) is 0 Å². The lowest BCUT2D eigenvalue weighted by Gasteiger charge is -2.22. The van der Waals surface area contributed by atoms with Crippen LogP contribution in [0, 0.1) is 0 Å². The first-order valence-electron chi connectivity index (χ1n) is 9.48. The summed E-state index contributed by atoms with van der Waals surface area (Å²) in [6.45, 7) is 1.00. The Kier molecular flexibility index (Phi) is 6.73. The van der Waals surface area contributed by atoms with E-state index in [0.717, 1.165) is 18.9 Å². The molecule has 2 heterocycles. The number of hydrogen-bond donors (Lipinski definition) is 4. The van der Waals surface area contributed by atoms with Gasteiger partial charge in [-0.2, -0.15) is 0 Å². The van der Waals surface area contributed by atoms with Crippen LogP contribution in [0.25, 0.3) is 0 Å². The van der Waals surface area contributed by atoms with Gasteiger partial charge in [0.25, 0.3) is 11.8 Å². The van der Waals surface area contributed by atoms with Crippen molar-refractivity contribution >= 4 is 11.8 Å². The average Bonchev–Trinajstić information content (AvgIpc) is 3.26. The number of pyridine rings is 1. The van der Waals surface area contributed by atoms with Gasteiger partial charge in [-0.3, -0.25) is 14.6 Å². The minimum atomic E-state index is -1.87. The zero-order valence-electron chi connectivity index (χ0n) is 15.7. The maximum absolute atomic E-state index is 13.1. The number of nitrogens with one attached hydrogen (secondary N) is 1. The monoisotopic (exact) mass is 405 g/mol. The molecule has 4 atom stereocenters. The molecule has 1 saturated heterocycles. The van der Waals surface area contributed by atoms with Crippen LogP contribution in [0.15, 0.2) is 42.4 Å². The van der Waals surface area contributed by atoms with Crippen molar-refractivity contribution in [2.45, 2.75) is 43.6 Å². The number of nitrogens with zero attached hydrogens (tertiary/aromatic N) is 2. The van der Waals surface area contributed by atoms with Gasteiger partial charge in [0.1, 0.15) is 5.83 Å². The summed E-state index contributed by atoms with van der Waals surface area (Å²) >= 11 is 0. The number of aliphatic hydroxyl groups excluding tert-OH is 3. The summed E-state index contributed by atoms with van der Waals surface area (Å²) in [6.07, 6.45) is 2.46. The molecule has 0 saturated carbocycles. The molecule has 2 aliphatic rings. The molecule has 0 radical (unpaired) electrons. The quantitative estimate of drug-likeness (QED) is 0.525. The third-order valence-corrected chi connectivity index (χ3v) is 5.08. The number of amides is 2. The molecule has 0 spiro atoms. The molecular weight excluding hydrogens is 381 g/mol. The van der Waals surface area contributed by atoms with E-state index in [1.807, 2.05) is 0 Å². The number of carbonyl (C=O) groups excluding carboxylic acids is 2. The largest absolute Gasteiger partial charge is 0.388 e. The molecule has 0 aromatic carbocycles. The van der Waals surface area contributed by atoms with Crippen LogP contribution < -0.4 is 5.32 Å². The van der Waals surface area contributed by atoms with Crippen molar-refractivity contribution in [3.63, 3.8) is 0 Å². The van der Waals surface area contributed by atoms with Crippen LogP contribution >= 0.6 is 0 Å². The second-order valence-electron chi connectivity index (χ2n) is 7.15. The molecule has 1 fully saturated rings. The van der Waals surface area contributed by atoms with E-state index in [2.05, 4.69) is 10.3 Å². The summed E-state index contributed by atoms with van der Waals surface area (Å²) < 4.78 is 13.1. The van der Waals surface area contributed by atoms with Crippen molar-refractivity contribution in [2.75, 3.05) is 13.1 Å². The Morgan fingerprint density at radius 1 is 1.24 bits per heavy atom. The van der Waals surface area contributed by atoms with E-state index < -0.39 is 41.9 Å². The van der Waals surface area contributed by atoms with E-state index in [1.54, 1.807) is 18.2 Å². The summed E-state index contributed by atoms with van der Waals surface area (Å²) in [5.74, 6) is -2.44. The van der Waals surface area contributed by atoms with E-state index in [4.69, 9.17) is 0 Å². The summed E-state index contributed by atoms with van der Waals surface area (Å²) in [6, 6.07) is 3.33. The Morgan fingerprint density at radius 3 is 2.59 bits per heavy atom. The molecule has 1 aromatic heterocycles. The predicted octanol–water partition coefficient (Wildman–Crippen LogP) is -0.0903. The third-order valence-electron chi connectivity index (χ3n) is 5.08. The summed E-state index contributed by atoms with van der Waals surface area (Å²) in [4.78, 5) is 29.7. The molecule has 4 N–H and O–H groups in total. The second-order valence-corrected chi connectivity index (χ2v) is 7.15. The highest BCUT2D eigenvalue weighted by atomic mass is 19.1. The highest BCUT2D eigenvalue weighted by Crippen LogP contribution is 2.27. The predicted molar refractivity (Wildman–Crippen MR) is 101 cm³/mol. The van der Waals surface area contributed by atoms with Gasteiger partial charge in [-0.15, -0.1) is 0 Å². The van der Waals surface area contributed by atoms with Gasteiger partial charge in [0, 0.05) is 25.2 Å². The Bertz CT molecular complexity index is 805. The van der Waals surface area contributed by atoms with Crippen molar-refractivity contribution in [1.82, 2.24) is 15.2 Å². The van der Waals surface area contributed by atoms with Gasteiger partial charge < -0.3 is 25.5 Å². The molecule has 1 aliphatic carbocycles. The number of aromatic nitrogens is 1. The smallest absolute Gasteiger partial charge is 0.254 e. The maximum Gasteiger partial charge on any atom is 0.254 e. The van der Waals surface area contributed by atoms with Gasteiger partial charge in [-0.1, -0.05) is 12.1 Å². The molecule has 2 amide bonds. The Labute approximate surface area is 167 Å². The lowest BCUT2D eigenvalue weighted by molar-refractivity contribution is -0.152. The molecule has 0 bridgehead atoms. The van der Waals surface area contributed by atoms with Crippen LogP contribution in [0.4, 0.5) is 4.39 Å². The van der Waals surface area contributed by atoms with Crippen LogP contribution in [-0.4, -0.2) is 68.4 Å². The Hall–Kier alpha value is -2.62. The zero-order chi connectivity index (χ0) is 21.0. The standard InChI is InChI=1S/C20H24FN3O5/c21-13-4-6-15(16(25)9-13)12-3-5-14(22-10-12)11-23-19(28)17(26)18(27)20(29)24-7-1-2-8-24/h3-6,9-10,15-18,25-27H,1-2,7-8,11H2,(H,23,28)/t15?,16?,17-,18-/m1/s1. The van der Waals surface area contributed by atoms with Crippen molar-refractivity contribution in [3.8, 4) is 0 Å². The lowest BCUT2D eigenvalue weighted by Crippen LogP contribution is -2.50. The van der Waals surface area contributed by atoms with Crippen molar-refractivity contribution < 1.29 is 29.3 Å². The summed E-state index contributed by atoms with van der Waals surface area (Å²) in [5, 5.41) is 32.3. The van der Waals surface area contributed by atoms with Gasteiger partial charge >= 0.3 is 0 Å². The molecule has 2 unspecified atom stereocenters. The average molecular weight is 405 g/mol. The van der Waals surface area contributed by atoms with Crippen LogP contribution in [0.5, 0.6) is 0 Å². The third kappa shape index (κ3) is 5.06. The second kappa shape index (κ2) is 9.25. The molecular formula is C20H24FN3O5. The summed E-state index contributed by atoms with van der Waals surface area (Å²) in [7, 11) is 0. The number of likely N-dealkylation sites (tertiary alicyclic amines) is 1. The SMILES string of the molecule is O=C(NCc1ccc(C2C=CC(F)=CC2O)cn1)[C@H](O)[C@@H](O)C(=O)N1CCCC1. The molecule has 3 rings (SSSR count). The molecule has 9 heteroatoms. The number of halogens is 1. The van der Waals surface area contributed by atoms with E-state index in [0.29, 0.717) is 24.3 Å². The van der Waals surface area contributed by atoms with Crippen molar-refractivity contribution in [1.29, 1.82) is 0 Å². The fraction of sp³-hybridized carbons (Fsp3) is 0.450. The van der Waals surface area contributed by atoms with Crippen LogP contribution in [-0.2, 0) is 16.1 Å². The normalized spacial score (nSPS) is 23.4. The number of aliphatic hydroxyl groups is 3. The van der Waals surface area contributed by atoms with Crippen molar-refractivity contribution in [3.05, 3.63) is 53.6 Å². The van der Waals surface area contributed by atoms with Crippen molar-refractivity contribution in [2.24, 2.45) is 0 Å².